The van der Waals surface area contributed by atoms with E-state index in [4.69, 9.17) is 4.99 Å². The number of nitrogens with zero attached hydrogens (tertiary/aromatic N) is 5. The third kappa shape index (κ3) is 2.97. The topological polar surface area (TPSA) is 46.3 Å². The summed E-state index contributed by atoms with van der Waals surface area (Å²) in [6.45, 7) is 6.66. The van der Waals surface area contributed by atoms with Gasteiger partial charge in [0.1, 0.15) is 6.04 Å². The van der Waals surface area contributed by atoms with E-state index in [0.29, 0.717) is 6.04 Å². The van der Waals surface area contributed by atoms with Gasteiger partial charge in [0, 0.05) is 35.6 Å². The molecule has 0 amide bonds. The van der Waals surface area contributed by atoms with Crippen molar-refractivity contribution >= 4 is 16.9 Å². The minimum Gasteiger partial charge on any atom is -0.338 e. The Balaban J connectivity index is 1.64. The average molecular weight is 404 g/mol. The fourth-order valence-corrected chi connectivity index (χ4v) is 5.99. The summed E-state index contributed by atoms with van der Waals surface area (Å²) in [4.78, 5) is 16.7. The first-order valence-corrected chi connectivity index (χ1v) is 11.2. The summed E-state index contributed by atoms with van der Waals surface area (Å²) >= 11 is 1.89. The molecule has 0 unspecified atom stereocenters. The minimum absolute atomic E-state index is 0.0240. The Bertz CT molecular complexity index is 1040. The van der Waals surface area contributed by atoms with Gasteiger partial charge >= 0.3 is 0 Å². The first-order chi connectivity index (χ1) is 14.2. The van der Waals surface area contributed by atoms with E-state index in [1.807, 2.05) is 42.5 Å². The lowest BCUT2D eigenvalue weighted by atomic mass is 9.95. The second kappa shape index (κ2) is 7.34. The van der Waals surface area contributed by atoms with E-state index in [-0.39, 0.29) is 12.1 Å². The first-order valence-electron chi connectivity index (χ1n) is 10.2. The van der Waals surface area contributed by atoms with Crippen LogP contribution in [0, 0.1) is 13.8 Å². The van der Waals surface area contributed by atoms with Crippen LogP contribution in [-0.2, 0) is 0 Å². The number of aromatic nitrogens is 3. The van der Waals surface area contributed by atoms with E-state index in [0.717, 1.165) is 23.6 Å². The van der Waals surface area contributed by atoms with Crippen molar-refractivity contribution in [3.63, 3.8) is 0 Å². The molecule has 0 spiro atoms. The van der Waals surface area contributed by atoms with Crippen LogP contribution in [0.25, 0.3) is 5.69 Å². The molecule has 0 aliphatic carbocycles. The number of pyridine rings is 2. The predicted molar refractivity (Wildman–Crippen MR) is 119 cm³/mol. The van der Waals surface area contributed by atoms with Crippen LogP contribution in [0.5, 0.6) is 0 Å². The Morgan fingerprint density at radius 1 is 1.14 bits per heavy atom. The Morgan fingerprint density at radius 2 is 2.03 bits per heavy atom. The Hall–Kier alpha value is -2.60. The fourth-order valence-electron chi connectivity index (χ4n) is 4.66. The van der Waals surface area contributed by atoms with Gasteiger partial charge < -0.3 is 9.47 Å². The SMILES string of the molecule is CC[C@@H]1CSC2=N[C@H](c3ccccn3)[C@@H](c3cc(C)n(-c4cccnc4)c3C)N21. The number of thioether (sulfide) groups is 1. The number of hydrogen-bond donors (Lipinski definition) is 0. The van der Waals surface area contributed by atoms with Gasteiger partial charge in [-0.3, -0.25) is 15.0 Å². The molecule has 5 nitrogen and oxygen atoms in total. The van der Waals surface area contributed by atoms with Crippen LogP contribution in [0.15, 0.2) is 60.0 Å². The van der Waals surface area contributed by atoms with Crippen molar-refractivity contribution in [1.29, 1.82) is 0 Å². The maximum absolute atomic E-state index is 5.15. The van der Waals surface area contributed by atoms with Crippen molar-refractivity contribution in [3.8, 4) is 5.69 Å². The normalized spacial score (nSPS) is 23.3. The van der Waals surface area contributed by atoms with E-state index in [1.54, 1.807) is 0 Å². The molecule has 148 valence electrons. The molecule has 0 bridgehead atoms. The van der Waals surface area contributed by atoms with Crippen molar-refractivity contribution < 1.29 is 0 Å². The summed E-state index contributed by atoms with van der Waals surface area (Å²) in [5, 5.41) is 1.17. The van der Waals surface area contributed by atoms with Crippen LogP contribution >= 0.6 is 11.8 Å². The van der Waals surface area contributed by atoms with Gasteiger partial charge in [-0.1, -0.05) is 24.8 Å². The van der Waals surface area contributed by atoms with E-state index >= 15 is 0 Å². The number of amidine groups is 1. The van der Waals surface area contributed by atoms with E-state index in [1.165, 1.54) is 22.1 Å². The zero-order chi connectivity index (χ0) is 20.0. The van der Waals surface area contributed by atoms with Crippen LogP contribution in [0.2, 0.25) is 0 Å². The molecule has 6 heteroatoms. The number of fused-ring (bicyclic) bond motifs is 1. The molecule has 2 aliphatic rings. The van der Waals surface area contributed by atoms with Crippen molar-refractivity contribution in [2.24, 2.45) is 4.99 Å². The van der Waals surface area contributed by atoms with Gasteiger partial charge in [0.2, 0.25) is 0 Å². The van der Waals surface area contributed by atoms with Crippen molar-refractivity contribution in [2.45, 2.75) is 45.3 Å². The molecule has 0 radical (unpaired) electrons. The van der Waals surface area contributed by atoms with Crippen molar-refractivity contribution in [1.82, 2.24) is 19.4 Å². The van der Waals surface area contributed by atoms with Crippen LogP contribution in [-0.4, -0.2) is 36.4 Å². The molecule has 3 aromatic heterocycles. The fraction of sp³-hybridized carbons (Fsp3) is 0.348. The molecule has 5 rings (SSSR count). The zero-order valence-electron chi connectivity index (χ0n) is 17.0. The number of aliphatic imine (C=N–C) groups is 1. The molecule has 3 aromatic rings. The predicted octanol–water partition coefficient (Wildman–Crippen LogP) is 4.86. The van der Waals surface area contributed by atoms with E-state index in [9.17, 15) is 0 Å². The highest BCUT2D eigenvalue weighted by Gasteiger charge is 2.46. The average Bonchev–Trinajstić information content (AvgIpc) is 3.40. The van der Waals surface area contributed by atoms with Gasteiger partial charge in [0.25, 0.3) is 0 Å². The smallest absolute Gasteiger partial charge is 0.160 e. The van der Waals surface area contributed by atoms with Crippen LogP contribution < -0.4 is 0 Å². The first kappa shape index (κ1) is 18.4. The number of hydrogen-bond acceptors (Lipinski definition) is 5. The maximum Gasteiger partial charge on any atom is 0.160 e. The summed E-state index contributed by atoms with van der Waals surface area (Å²) in [5.74, 6) is 1.11. The van der Waals surface area contributed by atoms with Gasteiger partial charge in [-0.15, -0.1) is 0 Å². The van der Waals surface area contributed by atoms with E-state index < -0.39 is 0 Å². The lowest BCUT2D eigenvalue weighted by Gasteiger charge is -2.32. The summed E-state index contributed by atoms with van der Waals surface area (Å²) in [6, 6.07) is 13.3. The highest BCUT2D eigenvalue weighted by molar-refractivity contribution is 8.14. The third-order valence-corrected chi connectivity index (χ3v) is 7.15. The summed E-state index contributed by atoms with van der Waals surface area (Å²) in [7, 11) is 0. The van der Waals surface area contributed by atoms with Gasteiger partial charge in [-0.25, -0.2) is 0 Å². The largest absolute Gasteiger partial charge is 0.338 e. The van der Waals surface area contributed by atoms with Crippen molar-refractivity contribution in [2.75, 3.05) is 5.75 Å². The molecule has 3 atom stereocenters. The maximum atomic E-state index is 5.15. The molecule has 0 saturated carbocycles. The number of aryl methyl sites for hydroxylation is 1. The molecular weight excluding hydrogens is 378 g/mol. The molecule has 0 aromatic carbocycles. The van der Waals surface area contributed by atoms with Crippen LogP contribution in [0.3, 0.4) is 0 Å². The standard InChI is InChI=1S/C23H25N5S/c1-4-17-14-29-23-26-21(20-9-5-6-11-25-20)22(28(17)23)19-12-15(2)27(16(19)3)18-8-7-10-24-13-18/h5-13,17,21-22H,4,14H2,1-3H3/t17-,21-,22-/m1/s1. The zero-order valence-corrected chi connectivity index (χ0v) is 17.8. The lowest BCUT2D eigenvalue weighted by molar-refractivity contribution is 0.254. The number of rotatable bonds is 4. The quantitative estimate of drug-likeness (QED) is 0.624. The minimum atomic E-state index is 0.0240. The lowest BCUT2D eigenvalue weighted by Crippen LogP contribution is -2.35. The molecular formula is C23H25N5S. The van der Waals surface area contributed by atoms with Crippen LogP contribution in [0.4, 0.5) is 0 Å². The van der Waals surface area contributed by atoms with E-state index in [2.05, 4.69) is 64.5 Å². The van der Waals surface area contributed by atoms with Crippen molar-refractivity contribution in [3.05, 3.63) is 77.6 Å². The second-order valence-corrected chi connectivity index (χ2v) is 8.70. The molecule has 2 aliphatic heterocycles. The van der Waals surface area contributed by atoms with Gasteiger partial charge in [0.05, 0.1) is 23.6 Å². The highest BCUT2D eigenvalue weighted by atomic mass is 32.2. The van der Waals surface area contributed by atoms with Gasteiger partial charge in [-0.05, 0) is 56.2 Å². The Morgan fingerprint density at radius 3 is 2.76 bits per heavy atom. The summed E-state index contributed by atoms with van der Waals surface area (Å²) < 4.78 is 2.31. The van der Waals surface area contributed by atoms with Gasteiger partial charge in [-0.2, -0.15) is 0 Å². The summed E-state index contributed by atoms with van der Waals surface area (Å²) in [6.07, 6.45) is 6.75. The Kier molecular flexibility index (Phi) is 4.66. The third-order valence-electron chi connectivity index (χ3n) is 6.02. The molecule has 1 saturated heterocycles. The summed E-state index contributed by atoms with van der Waals surface area (Å²) in [5.41, 5.74) is 5.95. The van der Waals surface area contributed by atoms with Crippen LogP contribution in [0.1, 0.15) is 48.1 Å². The molecule has 1 fully saturated rings. The molecule has 5 heterocycles. The highest BCUT2D eigenvalue weighted by Crippen LogP contribution is 2.49. The van der Waals surface area contributed by atoms with Gasteiger partial charge in [0.15, 0.2) is 5.17 Å². The second-order valence-electron chi connectivity index (χ2n) is 7.71. The monoisotopic (exact) mass is 403 g/mol. The molecule has 29 heavy (non-hydrogen) atoms. The molecule has 0 N–H and O–H groups in total. The Labute approximate surface area is 175 Å².